The Bertz CT molecular complexity index is 151. The van der Waals surface area contributed by atoms with E-state index in [0.717, 1.165) is 19.5 Å². The molecule has 0 aromatic heterocycles. The average molecular weight is 222 g/mol. The van der Waals surface area contributed by atoms with Gasteiger partial charge in [-0.15, -0.1) is 0 Å². The van der Waals surface area contributed by atoms with E-state index in [-0.39, 0.29) is 12.1 Å². The molecule has 1 N–H and O–H groups in total. The first-order valence-corrected chi connectivity index (χ1v) is 4.63. The van der Waals surface area contributed by atoms with Gasteiger partial charge in [0.15, 0.2) is 0 Å². The van der Waals surface area contributed by atoms with Gasteiger partial charge in [0.05, 0.1) is 4.83 Å². The van der Waals surface area contributed by atoms with Crippen LogP contribution in [0.15, 0.2) is 0 Å². The van der Waals surface area contributed by atoms with E-state index in [1.54, 1.807) is 0 Å². The van der Waals surface area contributed by atoms with Crippen molar-refractivity contribution in [2.24, 2.45) is 0 Å². The summed E-state index contributed by atoms with van der Waals surface area (Å²) in [7, 11) is 0. The second-order valence-electron chi connectivity index (χ2n) is 2.66. The lowest BCUT2D eigenvalue weighted by Gasteiger charge is -2.27. The molecule has 0 bridgehead atoms. The summed E-state index contributed by atoms with van der Waals surface area (Å²) in [5.74, 6) is -0.205. The number of esters is 1. The molecule has 3 nitrogen and oxygen atoms in total. The summed E-state index contributed by atoms with van der Waals surface area (Å²) >= 11 is 3.47. The van der Waals surface area contributed by atoms with Crippen molar-refractivity contribution in [3.63, 3.8) is 0 Å². The van der Waals surface area contributed by atoms with Crippen molar-refractivity contribution in [2.75, 3.05) is 13.1 Å². The van der Waals surface area contributed by atoms with Crippen LogP contribution < -0.4 is 5.32 Å². The Hall–Kier alpha value is -0.0900. The summed E-state index contributed by atoms with van der Waals surface area (Å²) in [5.41, 5.74) is 0. The summed E-state index contributed by atoms with van der Waals surface area (Å²) in [5, 5.41) is 3.16. The van der Waals surface area contributed by atoms with Crippen molar-refractivity contribution in [3.05, 3.63) is 0 Å². The molecule has 1 fully saturated rings. The largest absolute Gasteiger partial charge is 0.460 e. The molecule has 0 saturated carbocycles. The quantitative estimate of drug-likeness (QED) is 0.523. The second-order valence-corrected chi connectivity index (χ2v) is 3.83. The molecule has 0 aromatic carbocycles. The lowest BCUT2D eigenvalue weighted by atomic mass is 10.1. The number of carbonyl (C=O) groups excluding carboxylic acids is 1. The number of hydrogen-bond acceptors (Lipinski definition) is 3. The molecule has 2 atom stereocenters. The van der Waals surface area contributed by atoms with Gasteiger partial charge in [0.1, 0.15) is 6.10 Å². The molecular formula is C7H12BrNO2. The molecule has 1 heterocycles. The van der Waals surface area contributed by atoms with Crippen molar-refractivity contribution in [1.29, 1.82) is 0 Å². The van der Waals surface area contributed by atoms with E-state index in [1.807, 2.05) is 0 Å². The highest BCUT2D eigenvalue weighted by molar-refractivity contribution is 9.09. The molecule has 11 heavy (non-hydrogen) atoms. The van der Waals surface area contributed by atoms with Gasteiger partial charge in [-0.25, -0.2) is 0 Å². The molecular weight excluding hydrogens is 210 g/mol. The fourth-order valence-electron chi connectivity index (χ4n) is 1.13. The topological polar surface area (TPSA) is 38.3 Å². The fourth-order valence-corrected chi connectivity index (χ4v) is 1.65. The van der Waals surface area contributed by atoms with Gasteiger partial charge in [0, 0.05) is 13.5 Å². The van der Waals surface area contributed by atoms with E-state index in [4.69, 9.17) is 4.74 Å². The van der Waals surface area contributed by atoms with Gasteiger partial charge in [-0.05, 0) is 13.0 Å². The van der Waals surface area contributed by atoms with E-state index in [1.165, 1.54) is 6.92 Å². The highest BCUT2D eigenvalue weighted by Gasteiger charge is 2.24. The zero-order valence-corrected chi connectivity index (χ0v) is 8.06. The van der Waals surface area contributed by atoms with Crippen molar-refractivity contribution in [2.45, 2.75) is 24.3 Å². The third kappa shape index (κ3) is 2.79. The maximum absolute atomic E-state index is 10.6. The van der Waals surface area contributed by atoms with E-state index in [9.17, 15) is 4.79 Å². The van der Waals surface area contributed by atoms with Gasteiger partial charge < -0.3 is 10.1 Å². The standard InChI is InChI=1S/C7H12BrNO2/c1-5(10)11-7-4-9-3-2-6(7)8/h6-7,9H,2-4H2,1H3. The van der Waals surface area contributed by atoms with Crippen LogP contribution in [0.5, 0.6) is 0 Å². The molecule has 0 aromatic rings. The predicted molar refractivity (Wildman–Crippen MR) is 45.8 cm³/mol. The van der Waals surface area contributed by atoms with Crippen LogP contribution in [0.25, 0.3) is 0 Å². The van der Waals surface area contributed by atoms with Crippen LogP contribution in [0.1, 0.15) is 13.3 Å². The molecule has 1 aliphatic heterocycles. The first-order chi connectivity index (χ1) is 5.20. The Kier molecular flexibility index (Phi) is 3.33. The van der Waals surface area contributed by atoms with E-state index in [2.05, 4.69) is 21.2 Å². The van der Waals surface area contributed by atoms with Gasteiger partial charge in [0.25, 0.3) is 0 Å². The number of piperidine rings is 1. The zero-order chi connectivity index (χ0) is 8.27. The number of nitrogens with one attached hydrogen (secondary N) is 1. The molecule has 0 amide bonds. The molecule has 1 saturated heterocycles. The minimum Gasteiger partial charge on any atom is -0.460 e. The molecule has 64 valence electrons. The van der Waals surface area contributed by atoms with Crippen LogP contribution in [0.4, 0.5) is 0 Å². The molecule has 1 aliphatic rings. The van der Waals surface area contributed by atoms with Crippen molar-refractivity contribution in [1.82, 2.24) is 5.32 Å². The Morgan fingerprint density at radius 1 is 1.73 bits per heavy atom. The summed E-state index contributed by atoms with van der Waals surface area (Å²) < 4.78 is 5.06. The smallest absolute Gasteiger partial charge is 0.302 e. The zero-order valence-electron chi connectivity index (χ0n) is 6.47. The Morgan fingerprint density at radius 2 is 2.45 bits per heavy atom. The van der Waals surface area contributed by atoms with Crippen LogP contribution in [0.3, 0.4) is 0 Å². The van der Waals surface area contributed by atoms with Crippen LogP contribution in [0, 0.1) is 0 Å². The highest BCUT2D eigenvalue weighted by atomic mass is 79.9. The van der Waals surface area contributed by atoms with E-state index < -0.39 is 0 Å². The predicted octanol–water partition coefficient (Wildman–Crippen LogP) is 0.675. The summed E-state index contributed by atoms with van der Waals surface area (Å²) in [6.07, 6.45) is 1.01. The average Bonchev–Trinajstić information content (AvgIpc) is 1.93. The Labute approximate surface area is 74.6 Å². The lowest BCUT2D eigenvalue weighted by Crippen LogP contribution is -2.43. The molecule has 2 unspecified atom stereocenters. The first-order valence-electron chi connectivity index (χ1n) is 3.72. The van der Waals surface area contributed by atoms with Crippen LogP contribution in [-0.4, -0.2) is 30.0 Å². The molecule has 0 aliphatic carbocycles. The molecule has 1 rings (SSSR count). The number of halogens is 1. The molecule has 0 radical (unpaired) electrons. The summed E-state index contributed by atoms with van der Waals surface area (Å²) in [6.45, 7) is 3.19. The molecule has 0 spiro atoms. The van der Waals surface area contributed by atoms with E-state index in [0.29, 0.717) is 4.83 Å². The van der Waals surface area contributed by atoms with Crippen molar-refractivity contribution < 1.29 is 9.53 Å². The first kappa shape index (κ1) is 9.00. The number of carbonyl (C=O) groups is 1. The normalized spacial score (nSPS) is 31.5. The van der Waals surface area contributed by atoms with Crippen molar-refractivity contribution >= 4 is 21.9 Å². The monoisotopic (exact) mass is 221 g/mol. The van der Waals surface area contributed by atoms with E-state index >= 15 is 0 Å². The van der Waals surface area contributed by atoms with Crippen LogP contribution in [-0.2, 0) is 9.53 Å². The minimum atomic E-state index is -0.205. The number of ether oxygens (including phenoxy) is 1. The van der Waals surface area contributed by atoms with Gasteiger partial charge in [-0.1, -0.05) is 15.9 Å². The third-order valence-electron chi connectivity index (χ3n) is 1.66. The second kappa shape index (κ2) is 4.07. The van der Waals surface area contributed by atoms with Gasteiger partial charge in [-0.2, -0.15) is 0 Å². The minimum absolute atomic E-state index is 0.00116. The molecule has 4 heteroatoms. The Balaban J connectivity index is 2.35. The number of rotatable bonds is 1. The van der Waals surface area contributed by atoms with Gasteiger partial charge >= 0.3 is 5.97 Å². The summed E-state index contributed by atoms with van der Waals surface area (Å²) in [6, 6.07) is 0. The van der Waals surface area contributed by atoms with Gasteiger partial charge in [0.2, 0.25) is 0 Å². The number of alkyl halides is 1. The van der Waals surface area contributed by atoms with Crippen molar-refractivity contribution in [3.8, 4) is 0 Å². The van der Waals surface area contributed by atoms with Gasteiger partial charge in [-0.3, -0.25) is 4.79 Å². The van der Waals surface area contributed by atoms with Crippen LogP contribution in [0.2, 0.25) is 0 Å². The third-order valence-corrected chi connectivity index (χ3v) is 2.71. The van der Waals surface area contributed by atoms with Crippen LogP contribution >= 0.6 is 15.9 Å². The highest BCUT2D eigenvalue weighted by Crippen LogP contribution is 2.16. The fraction of sp³-hybridized carbons (Fsp3) is 0.857. The maximum atomic E-state index is 10.6. The summed E-state index contributed by atoms with van der Waals surface area (Å²) in [4.78, 5) is 10.9. The maximum Gasteiger partial charge on any atom is 0.302 e. The SMILES string of the molecule is CC(=O)OC1CNCCC1Br. The number of hydrogen-bond donors (Lipinski definition) is 1. The lowest BCUT2D eigenvalue weighted by molar-refractivity contribution is -0.146. The Morgan fingerprint density at radius 3 is 3.00 bits per heavy atom.